The Bertz CT molecular complexity index is 190. The quantitative estimate of drug-likeness (QED) is 0.190. The topological polar surface area (TPSA) is 12.5 Å². The number of ether oxygens (including phenoxy) is 1. The lowest BCUT2D eigenvalue weighted by molar-refractivity contribution is 0.112. The van der Waals surface area contributed by atoms with Crippen LogP contribution >= 0.6 is 11.6 Å². The van der Waals surface area contributed by atoms with E-state index in [1.165, 1.54) is 77.0 Å². The second kappa shape index (κ2) is 18.3. The van der Waals surface area contributed by atoms with Crippen LogP contribution in [0.3, 0.4) is 0 Å². The Hall–Kier alpha value is 0.210. The van der Waals surface area contributed by atoms with E-state index in [0.717, 1.165) is 19.8 Å². The third kappa shape index (κ3) is 18.2. The smallest absolute Gasteiger partial charge is 0.0736 e. The van der Waals surface area contributed by atoms with E-state index >= 15 is 0 Å². The summed E-state index contributed by atoms with van der Waals surface area (Å²) in [6.07, 6.45) is 16.7. The van der Waals surface area contributed by atoms with Gasteiger partial charge < -0.3 is 4.74 Å². The highest BCUT2D eigenvalue weighted by molar-refractivity contribution is 6.17. The van der Waals surface area contributed by atoms with Crippen molar-refractivity contribution in [1.82, 2.24) is 4.90 Å². The molecule has 0 rings (SSSR count). The van der Waals surface area contributed by atoms with E-state index in [-0.39, 0.29) is 0 Å². The summed E-state index contributed by atoms with van der Waals surface area (Å²) in [5.74, 6) is 0. The molecule has 0 aliphatic carbocycles. The normalized spacial score (nSPS) is 11.4. The Labute approximate surface area is 138 Å². The van der Waals surface area contributed by atoms with Gasteiger partial charge in [0.05, 0.1) is 12.6 Å². The van der Waals surface area contributed by atoms with Crippen molar-refractivity contribution in [1.29, 1.82) is 0 Å². The predicted molar refractivity (Wildman–Crippen MR) is 95.2 cm³/mol. The van der Waals surface area contributed by atoms with E-state index in [1.54, 1.807) is 0 Å². The zero-order valence-electron chi connectivity index (χ0n) is 14.5. The molecule has 0 radical (unpaired) electrons. The molecule has 0 aliphatic rings. The van der Waals surface area contributed by atoms with Gasteiger partial charge in [0, 0.05) is 13.2 Å². The van der Waals surface area contributed by atoms with Crippen molar-refractivity contribution < 1.29 is 4.74 Å². The number of rotatable bonds is 17. The van der Waals surface area contributed by atoms with Crippen molar-refractivity contribution >= 4 is 11.6 Å². The van der Waals surface area contributed by atoms with Crippen LogP contribution in [0.15, 0.2) is 0 Å². The fraction of sp³-hybridized carbons (Fsp3) is 1.00. The van der Waals surface area contributed by atoms with E-state index in [9.17, 15) is 0 Å². The van der Waals surface area contributed by atoms with Crippen molar-refractivity contribution in [3.63, 3.8) is 0 Å². The van der Waals surface area contributed by atoms with Gasteiger partial charge in [0.25, 0.3) is 0 Å². The summed E-state index contributed by atoms with van der Waals surface area (Å²) in [5.41, 5.74) is 0. The third-order valence-corrected chi connectivity index (χ3v) is 4.37. The molecule has 0 fully saturated rings. The fourth-order valence-electron chi connectivity index (χ4n) is 2.43. The number of hydrogen-bond donors (Lipinski definition) is 0. The monoisotopic (exact) mass is 319 g/mol. The summed E-state index contributed by atoms with van der Waals surface area (Å²) in [5, 5.41) is 0. The molecule has 2 nitrogen and oxygen atoms in total. The van der Waals surface area contributed by atoms with Crippen molar-refractivity contribution in [3.8, 4) is 0 Å². The number of alkyl halides is 1. The molecular formula is C18H38ClNO. The SMILES string of the molecule is CCCCCCCCCCCCCCOCCN(C)CCl. The molecule has 0 atom stereocenters. The molecule has 0 aromatic heterocycles. The first-order valence-corrected chi connectivity index (χ1v) is 9.67. The fourth-order valence-corrected chi connectivity index (χ4v) is 2.55. The average molecular weight is 320 g/mol. The first-order valence-electron chi connectivity index (χ1n) is 9.13. The summed E-state index contributed by atoms with van der Waals surface area (Å²) in [6.45, 7) is 4.93. The summed E-state index contributed by atoms with van der Waals surface area (Å²) >= 11 is 5.69. The van der Waals surface area contributed by atoms with Gasteiger partial charge in [0.1, 0.15) is 0 Å². The van der Waals surface area contributed by atoms with Crippen molar-refractivity contribution in [2.45, 2.75) is 84.0 Å². The highest BCUT2D eigenvalue weighted by Gasteiger charge is 1.96. The Balaban J connectivity index is 2.96. The average Bonchev–Trinajstić information content (AvgIpc) is 2.50. The van der Waals surface area contributed by atoms with Gasteiger partial charge in [-0.2, -0.15) is 0 Å². The van der Waals surface area contributed by atoms with Gasteiger partial charge in [-0.05, 0) is 13.5 Å². The molecule has 128 valence electrons. The van der Waals surface area contributed by atoms with Crippen LogP contribution in [0.2, 0.25) is 0 Å². The summed E-state index contributed by atoms with van der Waals surface area (Å²) < 4.78 is 5.60. The standard InChI is InChI=1S/C18H38ClNO/c1-3-4-5-6-7-8-9-10-11-12-13-14-16-21-17-15-20(2)18-19/h3-18H2,1-2H3. The van der Waals surface area contributed by atoms with Crippen LogP contribution in [0.4, 0.5) is 0 Å². The first-order chi connectivity index (χ1) is 10.3. The largest absolute Gasteiger partial charge is 0.380 e. The molecular weight excluding hydrogens is 282 g/mol. The predicted octanol–water partition coefficient (Wildman–Crippen LogP) is 5.83. The number of halogens is 1. The maximum absolute atomic E-state index is 5.69. The Morgan fingerprint density at radius 2 is 1.19 bits per heavy atom. The molecule has 0 unspecified atom stereocenters. The third-order valence-electron chi connectivity index (χ3n) is 3.96. The van der Waals surface area contributed by atoms with Crippen LogP contribution in [0.5, 0.6) is 0 Å². The lowest BCUT2D eigenvalue weighted by Crippen LogP contribution is -2.21. The van der Waals surface area contributed by atoms with E-state index in [2.05, 4.69) is 11.8 Å². The molecule has 0 spiro atoms. The van der Waals surface area contributed by atoms with Crippen LogP contribution < -0.4 is 0 Å². The number of hydrogen-bond acceptors (Lipinski definition) is 2. The second-order valence-electron chi connectivity index (χ2n) is 6.20. The number of unbranched alkanes of at least 4 members (excludes halogenated alkanes) is 11. The van der Waals surface area contributed by atoms with Crippen molar-refractivity contribution in [3.05, 3.63) is 0 Å². The minimum atomic E-state index is 0.585. The van der Waals surface area contributed by atoms with Gasteiger partial charge in [0.2, 0.25) is 0 Å². The lowest BCUT2D eigenvalue weighted by atomic mass is 10.1. The van der Waals surface area contributed by atoms with Gasteiger partial charge in [-0.1, -0.05) is 77.6 Å². The number of likely N-dealkylation sites (N-methyl/N-ethyl adjacent to an activating group) is 1. The van der Waals surface area contributed by atoms with Gasteiger partial charge >= 0.3 is 0 Å². The Kier molecular flexibility index (Phi) is 18.4. The minimum Gasteiger partial charge on any atom is -0.380 e. The second-order valence-corrected chi connectivity index (χ2v) is 6.44. The highest BCUT2D eigenvalue weighted by Crippen LogP contribution is 2.11. The zero-order chi connectivity index (χ0) is 15.6. The van der Waals surface area contributed by atoms with Crippen LogP contribution in [0.1, 0.15) is 84.0 Å². The summed E-state index contributed by atoms with van der Waals surface area (Å²) in [7, 11) is 2.01. The molecule has 0 bridgehead atoms. The Morgan fingerprint density at radius 1 is 0.714 bits per heavy atom. The van der Waals surface area contributed by atoms with Crippen molar-refractivity contribution in [2.75, 3.05) is 32.8 Å². The van der Waals surface area contributed by atoms with E-state index in [0.29, 0.717) is 6.00 Å². The first kappa shape index (κ1) is 21.2. The van der Waals surface area contributed by atoms with E-state index < -0.39 is 0 Å². The van der Waals surface area contributed by atoms with Crippen LogP contribution in [-0.2, 0) is 4.74 Å². The molecule has 0 saturated carbocycles. The number of nitrogens with zero attached hydrogens (tertiary/aromatic N) is 1. The molecule has 0 aromatic rings. The van der Waals surface area contributed by atoms with Crippen LogP contribution in [0, 0.1) is 0 Å². The van der Waals surface area contributed by atoms with Crippen molar-refractivity contribution in [2.24, 2.45) is 0 Å². The lowest BCUT2D eigenvalue weighted by Gasteiger charge is -2.12. The molecule has 0 aromatic carbocycles. The molecule has 3 heteroatoms. The van der Waals surface area contributed by atoms with Gasteiger partial charge in [-0.3, -0.25) is 4.90 Å². The summed E-state index contributed by atoms with van der Waals surface area (Å²) in [6, 6.07) is 0.585. The van der Waals surface area contributed by atoms with Gasteiger partial charge in [-0.15, -0.1) is 11.6 Å². The molecule has 0 amide bonds. The molecule has 0 heterocycles. The Morgan fingerprint density at radius 3 is 1.67 bits per heavy atom. The maximum Gasteiger partial charge on any atom is 0.0736 e. The molecule has 0 N–H and O–H groups in total. The molecule has 0 aliphatic heterocycles. The summed E-state index contributed by atoms with van der Waals surface area (Å²) in [4.78, 5) is 2.06. The van der Waals surface area contributed by atoms with Gasteiger partial charge in [-0.25, -0.2) is 0 Å². The van der Waals surface area contributed by atoms with Crippen LogP contribution in [0.25, 0.3) is 0 Å². The molecule has 0 saturated heterocycles. The zero-order valence-corrected chi connectivity index (χ0v) is 15.3. The minimum absolute atomic E-state index is 0.585. The molecule has 21 heavy (non-hydrogen) atoms. The van der Waals surface area contributed by atoms with E-state index in [1.807, 2.05) is 7.05 Å². The van der Waals surface area contributed by atoms with Gasteiger partial charge in [0.15, 0.2) is 0 Å². The van der Waals surface area contributed by atoms with Crippen LogP contribution in [-0.4, -0.2) is 37.7 Å². The maximum atomic E-state index is 5.69. The highest BCUT2D eigenvalue weighted by atomic mass is 35.5. The van der Waals surface area contributed by atoms with E-state index in [4.69, 9.17) is 16.3 Å².